The van der Waals surface area contributed by atoms with E-state index in [0.29, 0.717) is 11.8 Å². The van der Waals surface area contributed by atoms with Gasteiger partial charge in [-0.2, -0.15) is 9.65 Å². The van der Waals surface area contributed by atoms with Gasteiger partial charge in [-0.05, 0) is 106 Å². The molecule has 0 amide bonds. The fourth-order valence-corrected chi connectivity index (χ4v) is 5.79. The van der Waals surface area contributed by atoms with Gasteiger partial charge in [0.05, 0.1) is 5.92 Å². The molecule has 0 saturated heterocycles. The lowest BCUT2D eigenvalue weighted by atomic mass is 9.78. The van der Waals surface area contributed by atoms with E-state index in [1.54, 1.807) is 6.08 Å². The van der Waals surface area contributed by atoms with Crippen LogP contribution in [0, 0.1) is 23.2 Å². The molecule has 4 heteroatoms. The van der Waals surface area contributed by atoms with Gasteiger partial charge in [0, 0.05) is 0 Å². The van der Waals surface area contributed by atoms with Crippen LogP contribution in [0.2, 0.25) is 0 Å². The Labute approximate surface area is 217 Å². The van der Waals surface area contributed by atoms with Crippen LogP contribution in [0.3, 0.4) is 0 Å². The predicted molar refractivity (Wildman–Crippen MR) is 144 cm³/mol. The fraction of sp³-hybridized carbons (Fsp3) is 0.625. The van der Waals surface area contributed by atoms with Crippen LogP contribution in [0.1, 0.15) is 114 Å². The molecule has 2 aliphatic rings. The zero-order valence-corrected chi connectivity index (χ0v) is 22.1. The number of hydrogen-bond donors (Lipinski definition) is 0. The zero-order valence-electron chi connectivity index (χ0n) is 22.1. The van der Waals surface area contributed by atoms with Crippen molar-refractivity contribution in [1.82, 2.24) is 0 Å². The van der Waals surface area contributed by atoms with Crippen LogP contribution >= 0.6 is 0 Å². The van der Waals surface area contributed by atoms with E-state index >= 15 is 0 Å². The molecule has 0 heterocycles. The van der Waals surface area contributed by atoms with Gasteiger partial charge in [-0.25, -0.2) is 0 Å². The van der Waals surface area contributed by atoms with Crippen molar-refractivity contribution in [3.8, 4) is 6.07 Å². The molecule has 0 bridgehead atoms. The Morgan fingerprint density at radius 1 is 1.03 bits per heavy atom. The van der Waals surface area contributed by atoms with Crippen LogP contribution in [0.5, 0.6) is 0 Å². The molecule has 0 aromatic heterocycles. The van der Waals surface area contributed by atoms with E-state index in [2.05, 4.69) is 31.2 Å². The lowest BCUT2D eigenvalue weighted by Crippen LogP contribution is -2.29. The molecular weight excluding hydrogens is 449 g/mol. The molecule has 0 N–H and O–H groups in total. The minimum absolute atomic E-state index is 0.0218. The normalized spacial score (nSPS) is 25.0. The monoisotopic (exact) mass is 493 g/mol. The summed E-state index contributed by atoms with van der Waals surface area (Å²) in [6, 6.07) is 10.7. The van der Waals surface area contributed by atoms with Crippen molar-refractivity contribution in [2.75, 3.05) is 0 Å². The lowest BCUT2D eigenvalue weighted by Gasteiger charge is -2.31. The van der Waals surface area contributed by atoms with Gasteiger partial charge in [-0.3, -0.25) is 4.79 Å². The van der Waals surface area contributed by atoms with Crippen molar-refractivity contribution in [1.29, 1.82) is 5.26 Å². The summed E-state index contributed by atoms with van der Waals surface area (Å²) in [5, 5.41) is 8.40. The summed E-state index contributed by atoms with van der Waals surface area (Å²) < 4.78 is 18.7. The minimum Gasteiger partial charge on any atom is -0.462 e. The molecule has 3 nitrogen and oxygen atoms in total. The molecule has 0 spiro atoms. The zero-order chi connectivity index (χ0) is 25.6. The third-order valence-electron chi connectivity index (χ3n) is 8.13. The Bertz CT molecular complexity index is 882. The average Bonchev–Trinajstić information content (AvgIpc) is 2.92. The van der Waals surface area contributed by atoms with Crippen LogP contribution in [0.25, 0.3) is 0 Å². The van der Waals surface area contributed by atoms with Crippen molar-refractivity contribution in [2.45, 2.75) is 115 Å². The number of ether oxygens (including phenoxy) is 1. The minimum atomic E-state index is -0.760. The third kappa shape index (κ3) is 9.57. The van der Waals surface area contributed by atoms with Crippen molar-refractivity contribution < 1.29 is 13.9 Å². The smallest absolute Gasteiger partial charge is 0.309 e. The maximum absolute atomic E-state index is 12.8. The average molecular weight is 494 g/mol. The van der Waals surface area contributed by atoms with E-state index in [-0.39, 0.29) is 18.0 Å². The van der Waals surface area contributed by atoms with Crippen molar-refractivity contribution >= 4 is 5.97 Å². The Morgan fingerprint density at radius 3 is 2.42 bits per heavy atom. The fourth-order valence-electron chi connectivity index (χ4n) is 5.79. The summed E-state index contributed by atoms with van der Waals surface area (Å²) in [4.78, 5) is 12.8. The highest BCUT2D eigenvalue weighted by Crippen LogP contribution is 2.37. The summed E-state index contributed by atoms with van der Waals surface area (Å²) in [6.45, 7) is 2.25. The molecule has 196 valence electrons. The molecular formula is C32H44FNO2. The number of allylic oxidation sites excluding steroid dienone is 4. The summed E-state index contributed by atoms with van der Waals surface area (Å²) in [7, 11) is 0. The van der Waals surface area contributed by atoms with Crippen molar-refractivity contribution in [2.24, 2.45) is 11.8 Å². The second-order valence-electron chi connectivity index (χ2n) is 10.8. The number of benzene rings is 1. The first kappa shape index (κ1) is 28.2. The Kier molecular flexibility index (Phi) is 12.2. The quantitative estimate of drug-likeness (QED) is 0.126. The molecule has 0 radical (unpaired) electrons. The van der Waals surface area contributed by atoms with Gasteiger partial charge in [0.2, 0.25) is 0 Å². The number of rotatable bonds is 12. The van der Waals surface area contributed by atoms with E-state index in [9.17, 15) is 9.18 Å². The van der Waals surface area contributed by atoms with Gasteiger partial charge in [0.25, 0.3) is 0 Å². The number of esters is 1. The Morgan fingerprint density at radius 2 is 1.75 bits per heavy atom. The summed E-state index contributed by atoms with van der Waals surface area (Å²) in [5.74, 6) is 0.522. The van der Waals surface area contributed by atoms with Crippen LogP contribution in [0.15, 0.2) is 48.3 Å². The number of aryl methyl sites for hydroxylation is 1. The van der Waals surface area contributed by atoms with Crippen LogP contribution < -0.4 is 0 Å². The first-order valence-corrected chi connectivity index (χ1v) is 14.3. The molecule has 0 atom stereocenters. The summed E-state index contributed by atoms with van der Waals surface area (Å²) in [5.41, 5.74) is 2.87. The first-order valence-electron chi connectivity index (χ1n) is 14.3. The standard InChI is InChI=1S/C32H44FNO2/c1-2-3-4-6-9-25-12-16-27(17-13-25)28-18-20-29(21-19-28)32(35)36-31-22-14-26(15-23-31)10-7-5-8-11-30(33)24-34/h5,8,11-13,16-17,26,28-29,31H,2-4,6-7,9-10,14-15,18-23H2,1H3/b8-5+,30-11?. The molecule has 3 rings (SSSR count). The van der Waals surface area contributed by atoms with Crippen LogP contribution in [0.4, 0.5) is 4.39 Å². The summed E-state index contributed by atoms with van der Waals surface area (Å²) >= 11 is 0. The highest BCUT2D eigenvalue weighted by Gasteiger charge is 2.31. The summed E-state index contributed by atoms with van der Waals surface area (Å²) in [6.07, 6.45) is 21.2. The number of hydrogen-bond acceptors (Lipinski definition) is 3. The maximum atomic E-state index is 12.8. The number of carbonyl (C=O) groups is 1. The van der Waals surface area contributed by atoms with E-state index in [4.69, 9.17) is 10.00 Å². The lowest BCUT2D eigenvalue weighted by molar-refractivity contribution is -0.157. The molecule has 2 fully saturated rings. The van der Waals surface area contributed by atoms with Crippen molar-refractivity contribution in [3.63, 3.8) is 0 Å². The number of nitriles is 1. The van der Waals surface area contributed by atoms with Gasteiger partial charge in [-0.15, -0.1) is 0 Å². The second-order valence-corrected chi connectivity index (χ2v) is 10.8. The molecule has 2 saturated carbocycles. The molecule has 36 heavy (non-hydrogen) atoms. The molecule has 1 aromatic carbocycles. The SMILES string of the molecule is CCCCCCc1ccc(C2CCC(C(=O)OC3CCC(CC/C=C/C=C(F)C#N)CC3)CC2)cc1. The number of unbranched alkanes of at least 4 members (excludes halogenated alkanes) is 3. The van der Waals surface area contributed by atoms with Gasteiger partial charge in [-0.1, -0.05) is 62.6 Å². The molecule has 0 unspecified atom stereocenters. The highest BCUT2D eigenvalue weighted by atomic mass is 19.1. The largest absolute Gasteiger partial charge is 0.462 e. The maximum Gasteiger partial charge on any atom is 0.309 e. The van der Waals surface area contributed by atoms with Gasteiger partial charge in [0.15, 0.2) is 5.83 Å². The van der Waals surface area contributed by atoms with Gasteiger partial charge >= 0.3 is 5.97 Å². The predicted octanol–water partition coefficient (Wildman–Crippen LogP) is 8.90. The van der Waals surface area contributed by atoms with Gasteiger partial charge < -0.3 is 4.74 Å². The van der Waals surface area contributed by atoms with Crippen molar-refractivity contribution in [3.05, 3.63) is 59.4 Å². The second kappa shape index (κ2) is 15.6. The molecule has 0 aliphatic heterocycles. The number of carbonyl (C=O) groups excluding carboxylic acids is 1. The van der Waals surface area contributed by atoms with E-state index in [0.717, 1.165) is 64.2 Å². The topological polar surface area (TPSA) is 50.1 Å². The van der Waals surface area contributed by atoms with E-state index in [1.165, 1.54) is 55.4 Å². The van der Waals surface area contributed by atoms with E-state index < -0.39 is 5.83 Å². The number of nitrogens with zero attached hydrogens (tertiary/aromatic N) is 1. The third-order valence-corrected chi connectivity index (χ3v) is 8.13. The highest BCUT2D eigenvalue weighted by molar-refractivity contribution is 5.72. The Hall–Kier alpha value is -2.41. The molecule has 2 aliphatic carbocycles. The Balaban J connectivity index is 1.31. The van der Waals surface area contributed by atoms with Crippen LogP contribution in [-0.2, 0) is 16.0 Å². The van der Waals surface area contributed by atoms with Gasteiger partial charge in [0.1, 0.15) is 12.2 Å². The van der Waals surface area contributed by atoms with Crippen LogP contribution in [-0.4, -0.2) is 12.1 Å². The number of halogens is 1. The molecule has 1 aromatic rings. The first-order chi connectivity index (χ1) is 17.6. The van der Waals surface area contributed by atoms with E-state index in [1.807, 2.05) is 6.08 Å².